The molecule has 2 nitrogen and oxygen atoms in total. The van der Waals surface area contributed by atoms with Crippen LogP contribution in [0.15, 0.2) is 12.1 Å². The third-order valence-corrected chi connectivity index (χ3v) is 2.42. The van der Waals surface area contributed by atoms with Gasteiger partial charge in [0.1, 0.15) is 0 Å². The molecule has 0 N–H and O–H groups in total. The summed E-state index contributed by atoms with van der Waals surface area (Å²) in [6.45, 7) is 8.54. The molecule has 0 heterocycles. The van der Waals surface area contributed by atoms with Gasteiger partial charge in [-0.1, -0.05) is 20.8 Å². The number of hydrogen-bond donors (Lipinski definition) is 0. The molecule has 0 saturated carbocycles. The Kier molecular flexibility index (Phi) is 4.93. The Balaban J connectivity index is 2.70. The number of benzene rings is 1. The molecule has 0 fully saturated rings. The quantitative estimate of drug-likeness (QED) is 0.788. The van der Waals surface area contributed by atoms with Crippen LogP contribution in [-0.2, 0) is 0 Å². The van der Waals surface area contributed by atoms with Crippen LogP contribution in [0.5, 0.6) is 11.5 Å². The SMILES string of the molecule is CCOc1ccc(OCCC(C)(C)C)c(F)c1F. The second-order valence-corrected chi connectivity index (χ2v) is 5.28. The van der Waals surface area contributed by atoms with Crippen molar-refractivity contribution in [3.8, 4) is 11.5 Å². The molecule has 18 heavy (non-hydrogen) atoms. The maximum absolute atomic E-state index is 13.6. The third kappa shape index (κ3) is 4.17. The van der Waals surface area contributed by atoms with Crippen molar-refractivity contribution in [3.05, 3.63) is 23.8 Å². The van der Waals surface area contributed by atoms with Gasteiger partial charge in [-0.25, -0.2) is 0 Å². The maximum Gasteiger partial charge on any atom is 0.204 e. The average Bonchev–Trinajstić information content (AvgIpc) is 2.27. The lowest BCUT2D eigenvalue weighted by atomic mass is 9.93. The van der Waals surface area contributed by atoms with Crippen LogP contribution in [0.25, 0.3) is 0 Å². The standard InChI is InChI=1S/C14H20F2O2/c1-5-17-10-6-7-11(13(16)12(10)15)18-9-8-14(2,3)4/h6-7H,5,8-9H2,1-4H3. The fourth-order valence-electron chi connectivity index (χ4n) is 1.36. The van der Waals surface area contributed by atoms with Crippen molar-refractivity contribution in [1.29, 1.82) is 0 Å². The van der Waals surface area contributed by atoms with Crippen molar-refractivity contribution >= 4 is 0 Å². The van der Waals surface area contributed by atoms with Gasteiger partial charge in [0, 0.05) is 0 Å². The van der Waals surface area contributed by atoms with Gasteiger partial charge >= 0.3 is 0 Å². The van der Waals surface area contributed by atoms with E-state index in [0.717, 1.165) is 6.42 Å². The molecular weight excluding hydrogens is 238 g/mol. The minimum Gasteiger partial charge on any atom is -0.491 e. The van der Waals surface area contributed by atoms with Crippen LogP contribution in [0.3, 0.4) is 0 Å². The zero-order valence-corrected chi connectivity index (χ0v) is 11.3. The van der Waals surface area contributed by atoms with Crippen LogP contribution < -0.4 is 9.47 Å². The lowest BCUT2D eigenvalue weighted by Gasteiger charge is -2.18. The molecular formula is C14H20F2O2. The van der Waals surface area contributed by atoms with Gasteiger partial charge in [0.2, 0.25) is 11.6 Å². The van der Waals surface area contributed by atoms with Crippen molar-refractivity contribution < 1.29 is 18.3 Å². The van der Waals surface area contributed by atoms with Crippen LogP contribution in [0.2, 0.25) is 0 Å². The van der Waals surface area contributed by atoms with Gasteiger partial charge in [-0.2, -0.15) is 8.78 Å². The van der Waals surface area contributed by atoms with Crippen molar-refractivity contribution in [1.82, 2.24) is 0 Å². The van der Waals surface area contributed by atoms with E-state index in [1.807, 2.05) is 0 Å². The second-order valence-electron chi connectivity index (χ2n) is 5.28. The minimum absolute atomic E-state index is 0.0693. The number of hydrogen-bond acceptors (Lipinski definition) is 2. The Morgan fingerprint density at radius 1 is 1.00 bits per heavy atom. The molecule has 0 aliphatic heterocycles. The molecule has 0 radical (unpaired) electrons. The maximum atomic E-state index is 13.6. The van der Waals surface area contributed by atoms with Gasteiger partial charge in [-0.15, -0.1) is 0 Å². The predicted molar refractivity (Wildman–Crippen MR) is 67.1 cm³/mol. The Morgan fingerprint density at radius 2 is 1.50 bits per heavy atom. The van der Waals surface area contributed by atoms with E-state index < -0.39 is 11.6 Å². The molecule has 0 bridgehead atoms. The van der Waals surface area contributed by atoms with Crippen LogP contribution in [0.1, 0.15) is 34.1 Å². The normalized spacial score (nSPS) is 11.4. The lowest BCUT2D eigenvalue weighted by molar-refractivity contribution is 0.230. The highest BCUT2D eigenvalue weighted by atomic mass is 19.2. The highest BCUT2D eigenvalue weighted by Crippen LogP contribution is 2.28. The van der Waals surface area contributed by atoms with Gasteiger partial charge < -0.3 is 9.47 Å². The molecule has 0 atom stereocenters. The van der Waals surface area contributed by atoms with E-state index in [0.29, 0.717) is 13.2 Å². The molecule has 1 rings (SSSR count). The summed E-state index contributed by atoms with van der Waals surface area (Å²) < 4.78 is 37.4. The first kappa shape index (κ1) is 14.7. The van der Waals surface area contributed by atoms with Gasteiger partial charge in [-0.05, 0) is 30.9 Å². The van der Waals surface area contributed by atoms with E-state index in [2.05, 4.69) is 20.8 Å². The van der Waals surface area contributed by atoms with Gasteiger partial charge in [0.15, 0.2) is 11.5 Å². The molecule has 0 saturated heterocycles. The Morgan fingerprint density at radius 3 is 1.94 bits per heavy atom. The summed E-state index contributed by atoms with van der Waals surface area (Å²) in [7, 11) is 0. The molecule has 0 aliphatic rings. The smallest absolute Gasteiger partial charge is 0.204 e. The van der Waals surface area contributed by atoms with Gasteiger partial charge in [-0.3, -0.25) is 0 Å². The van der Waals surface area contributed by atoms with Crippen LogP contribution >= 0.6 is 0 Å². The first-order chi connectivity index (χ1) is 8.35. The molecule has 0 aromatic heterocycles. The number of ether oxygens (including phenoxy) is 2. The van der Waals surface area contributed by atoms with Gasteiger partial charge in [0.25, 0.3) is 0 Å². The molecule has 1 aromatic carbocycles. The zero-order chi connectivity index (χ0) is 13.8. The van der Waals surface area contributed by atoms with E-state index in [4.69, 9.17) is 9.47 Å². The largest absolute Gasteiger partial charge is 0.491 e. The monoisotopic (exact) mass is 258 g/mol. The third-order valence-electron chi connectivity index (χ3n) is 2.42. The van der Waals surface area contributed by atoms with E-state index in [1.165, 1.54) is 12.1 Å². The lowest BCUT2D eigenvalue weighted by Crippen LogP contribution is -2.12. The van der Waals surface area contributed by atoms with E-state index in [1.54, 1.807) is 6.92 Å². The summed E-state index contributed by atoms with van der Waals surface area (Å²) in [5, 5.41) is 0. The van der Waals surface area contributed by atoms with Crippen LogP contribution in [-0.4, -0.2) is 13.2 Å². The first-order valence-electron chi connectivity index (χ1n) is 6.08. The summed E-state index contributed by atoms with van der Waals surface area (Å²) in [4.78, 5) is 0. The predicted octanol–water partition coefficient (Wildman–Crippen LogP) is 4.18. The first-order valence-corrected chi connectivity index (χ1v) is 6.08. The fraction of sp³-hybridized carbons (Fsp3) is 0.571. The molecule has 0 amide bonds. The second kappa shape index (κ2) is 6.03. The Bertz CT molecular complexity index is 398. The minimum atomic E-state index is -0.995. The highest BCUT2D eigenvalue weighted by molar-refractivity contribution is 5.34. The van der Waals surface area contributed by atoms with Crippen molar-refractivity contribution in [2.24, 2.45) is 5.41 Å². The fourth-order valence-corrected chi connectivity index (χ4v) is 1.36. The van der Waals surface area contributed by atoms with Crippen molar-refractivity contribution in [2.45, 2.75) is 34.1 Å². The average molecular weight is 258 g/mol. The summed E-state index contributed by atoms with van der Waals surface area (Å²) in [5.41, 5.74) is 0.0975. The highest BCUT2D eigenvalue weighted by Gasteiger charge is 2.16. The van der Waals surface area contributed by atoms with E-state index in [-0.39, 0.29) is 16.9 Å². The summed E-state index contributed by atoms with van der Waals surface area (Å²) in [6, 6.07) is 2.78. The molecule has 0 spiro atoms. The Labute approximate surface area is 107 Å². The summed E-state index contributed by atoms with van der Waals surface area (Å²) in [5.74, 6) is -2.14. The van der Waals surface area contributed by atoms with Gasteiger partial charge in [0.05, 0.1) is 13.2 Å². The molecule has 0 unspecified atom stereocenters. The van der Waals surface area contributed by atoms with Crippen LogP contribution in [0.4, 0.5) is 8.78 Å². The van der Waals surface area contributed by atoms with Crippen LogP contribution in [0, 0.1) is 17.0 Å². The molecule has 1 aromatic rings. The summed E-state index contributed by atoms with van der Waals surface area (Å²) in [6.07, 6.45) is 0.765. The topological polar surface area (TPSA) is 18.5 Å². The number of halogens is 2. The molecule has 4 heteroatoms. The van der Waals surface area contributed by atoms with E-state index in [9.17, 15) is 8.78 Å². The zero-order valence-electron chi connectivity index (χ0n) is 11.3. The molecule has 102 valence electrons. The van der Waals surface area contributed by atoms with Crippen molar-refractivity contribution in [3.63, 3.8) is 0 Å². The summed E-state index contributed by atoms with van der Waals surface area (Å²) >= 11 is 0. The number of rotatable bonds is 5. The Hall–Kier alpha value is -1.32. The molecule has 0 aliphatic carbocycles. The van der Waals surface area contributed by atoms with Crippen molar-refractivity contribution in [2.75, 3.05) is 13.2 Å². The van der Waals surface area contributed by atoms with E-state index >= 15 is 0 Å².